The highest BCUT2D eigenvalue weighted by atomic mass is 35.5. The Balaban J connectivity index is 1.44. The first-order valence-corrected chi connectivity index (χ1v) is 7.99. The molecule has 0 fully saturated rings. The zero-order valence-electron chi connectivity index (χ0n) is 13.0. The first-order chi connectivity index (χ1) is 12.2. The maximum atomic E-state index is 12.2. The van der Waals surface area contributed by atoms with Crippen molar-refractivity contribution in [3.8, 4) is 11.3 Å². The van der Waals surface area contributed by atoms with E-state index in [4.69, 9.17) is 16.0 Å². The molecule has 4 aromatic rings. The molecule has 3 heterocycles. The quantitative estimate of drug-likeness (QED) is 0.609. The van der Waals surface area contributed by atoms with Gasteiger partial charge < -0.3 is 9.73 Å². The third-order valence-electron chi connectivity index (χ3n) is 3.68. The molecule has 0 saturated heterocycles. The van der Waals surface area contributed by atoms with Gasteiger partial charge >= 0.3 is 0 Å². The molecular formula is C18H13ClN4O2. The van der Waals surface area contributed by atoms with Crippen molar-refractivity contribution in [2.45, 2.75) is 6.54 Å². The average molecular weight is 353 g/mol. The number of imidazole rings is 1. The molecule has 1 amide bonds. The third kappa shape index (κ3) is 3.25. The van der Waals surface area contributed by atoms with E-state index in [0.717, 1.165) is 11.3 Å². The van der Waals surface area contributed by atoms with Gasteiger partial charge in [-0.05, 0) is 42.5 Å². The highest BCUT2D eigenvalue weighted by molar-refractivity contribution is 6.30. The van der Waals surface area contributed by atoms with Crippen LogP contribution in [0.15, 0.2) is 65.5 Å². The lowest BCUT2D eigenvalue weighted by atomic mass is 10.2. The van der Waals surface area contributed by atoms with Gasteiger partial charge in [-0.1, -0.05) is 11.6 Å². The van der Waals surface area contributed by atoms with Gasteiger partial charge in [0.1, 0.15) is 17.2 Å². The molecular weight excluding hydrogens is 340 g/mol. The van der Waals surface area contributed by atoms with Crippen molar-refractivity contribution >= 4 is 23.3 Å². The fraction of sp³-hybridized carbons (Fsp3) is 0.0556. The van der Waals surface area contributed by atoms with E-state index < -0.39 is 0 Å². The summed E-state index contributed by atoms with van der Waals surface area (Å²) in [5, 5.41) is 3.46. The number of carbonyl (C=O) groups is 1. The summed E-state index contributed by atoms with van der Waals surface area (Å²) in [5.74, 6) is 1.57. The molecule has 25 heavy (non-hydrogen) atoms. The number of amides is 1. The molecule has 0 aliphatic heterocycles. The number of nitrogens with zero attached hydrogens (tertiary/aromatic N) is 3. The van der Waals surface area contributed by atoms with Crippen LogP contribution in [0, 0.1) is 0 Å². The van der Waals surface area contributed by atoms with Gasteiger partial charge in [0.05, 0.1) is 6.54 Å². The summed E-state index contributed by atoms with van der Waals surface area (Å²) >= 11 is 5.89. The number of furan rings is 1. The van der Waals surface area contributed by atoms with Crippen molar-refractivity contribution in [1.82, 2.24) is 19.7 Å². The molecule has 0 saturated carbocycles. The topological polar surface area (TPSA) is 72.4 Å². The van der Waals surface area contributed by atoms with E-state index >= 15 is 0 Å². The minimum atomic E-state index is -0.282. The Bertz CT molecular complexity index is 1000. The SMILES string of the molecule is O=C(NCc1ccc(-c2ccc(Cl)cc2)o1)c1cn2cccnc2n1. The summed E-state index contributed by atoms with van der Waals surface area (Å²) in [7, 11) is 0. The van der Waals surface area contributed by atoms with Crippen LogP contribution in [0.1, 0.15) is 16.2 Å². The first-order valence-electron chi connectivity index (χ1n) is 7.61. The predicted molar refractivity (Wildman–Crippen MR) is 93.3 cm³/mol. The minimum absolute atomic E-state index is 0.272. The molecule has 0 unspecified atom stereocenters. The molecule has 1 N–H and O–H groups in total. The van der Waals surface area contributed by atoms with Gasteiger partial charge in [-0.2, -0.15) is 0 Å². The summed E-state index contributed by atoms with van der Waals surface area (Å²) < 4.78 is 7.45. The van der Waals surface area contributed by atoms with Crippen LogP contribution in [0.5, 0.6) is 0 Å². The molecule has 0 atom stereocenters. The van der Waals surface area contributed by atoms with Crippen LogP contribution in [0.2, 0.25) is 5.02 Å². The Hall–Kier alpha value is -3.12. The number of hydrogen-bond donors (Lipinski definition) is 1. The van der Waals surface area contributed by atoms with Crippen LogP contribution in [-0.2, 0) is 6.54 Å². The monoisotopic (exact) mass is 352 g/mol. The summed E-state index contributed by atoms with van der Waals surface area (Å²) in [6.45, 7) is 0.272. The molecule has 7 heteroatoms. The fourth-order valence-corrected chi connectivity index (χ4v) is 2.57. The third-order valence-corrected chi connectivity index (χ3v) is 3.93. The predicted octanol–water partition coefficient (Wildman–Crippen LogP) is 3.57. The number of benzene rings is 1. The van der Waals surface area contributed by atoms with Crippen LogP contribution in [0.25, 0.3) is 17.1 Å². The number of nitrogens with one attached hydrogen (secondary N) is 1. The van der Waals surface area contributed by atoms with E-state index in [1.807, 2.05) is 24.3 Å². The van der Waals surface area contributed by atoms with Crippen LogP contribution in [-0.4, -0.2) is 20.3 Å². The maximum Gasteiger partial charge on any atom is 0.271 e. The summed E-state index contributed by atoms with van der Waals surface area (Å²) in [6.07, 6.45) is 5.06. The fourth-order valence-electron chi connectivity index (χ4n) is 2.44. The standard InChI is InChI=1S/C18H13ClN4O2/c19-13-4-2-12(3-5-13)16-7-6-14(25-16)10-21-17(24)15-11-23-9-1-8-20-18(23)22-15/h1-9,11H,10H2,(H,21,24). The average Bonchev–Trinajstić information content (AvgIpc) is 3.27. The largest absolute Gasteiger partial charge is 0.459 e. The Kier molecular flexibility index (Phi) is 3.95. The zero-order valence-corrected chi connectivity index (χ0v) is 13.8. The number of carbonyl (C=O) groups excluding carboxylic acids is 1. The van der Waals surface area contributed by atoms with E-state index in [1.165, 1.54) is 0 Å². The minimum Gasteiger partial charge on any atom is -0.459 e. The molecule has 6 nitrogen and oxygen atoms in total. The van der Waals surface area contributed by atoms with Crippen LogP contribution >= 0.6 is 11.6 Å². The van der Waals surface area contributed by atoms with Crippen molar-refractivity contribution < 1.29 is 9.21 Å². The molecule has 4 rings (SSSR count). The molecule has 0 bridgehead atoms. The highest BCUT2D eigenvalue weighted by Gasteiger charge is 2.12. The van der Waals surface area contributed by atoms with Crippen LogP contribution < -0.4 is 5.32 Å². The van der Waals surface area contributed by atoms with Crippen molar-refractivity contribution in [2.24, 2.45) is 0 Å². The van der Waals surface area contributed by atoms with Gasteiger partial charge in [0.15, 0.2) is 0 Å². The molecule has 0 aliphatic carbocycles. The van der Waals surface area contributed by atoms with Gasteiger partial charge in [-0.15, -0.1) is 0 Å². The number of aromatic nitrogens is 3. The van der Waals surface area contributed by atoms with E-state index in [0.29, 0.717) is 22.3 Å². The lowest BCUT2D eigenvalue weighted by Gasteiger charge is -2.01. The van der Waals surface area contributed by atoms with Crippen LogP contribution in [0.3, 0.4) is 0 Å². The van der Waals surface area contributed by atoms with Crippen molar-refractivity contribution in [2.75, 3.05) is 0 Å². The Labute approximate surface area is 148 Å². The number of rotatable bonds is 4. The van der Waals surface area contributed by atoms with E-state index in [2.05, 4.69) is 15.3 Å². The smallest absolute Gasteiger partial charge is 0.271 e. The van der Waals surface area contributed by atoms with Gasteiger partial charge in [0, 0.05) is 29.2 Å². The first kappa shape index (κ1) is 15.4. The number of fused-ring (bicyclic) bond motifs is 1. The second kappa shape index (κ2) is 6.41. The summed E-state index contributed by atoms with van der Waals surface area (Å²) in [6, 6.07) is 12.8. The molecule has 124 valence electrons. The highest BCUT2D eigenvalue weighted by Crippen LogP contribution is 2.23. The van der Waals surface area contributed by atoms with Crippen LogP contribution in [0.4, 0.5) is 0 Å². The molecule has 0 radical (unpaired) electrons. The molecule has 1 aromatic carbocycles. The van der Waals surface area contributed by atoms with Gasteiger partial charge in [0.25, 0.3) is 5.91 Å². The van der Waals surface area contributed by atoms with Gasteiger partial charge in [-0.3, -0.25) is 9.20 Å². The molecule has 3 aromatic heterocycles. The lowest BCUT2D eigenvalue weighted by molar-refractivity contribution is 0.0943. The normalized spacial score (nSPS) is 10.9. The van der Waals surface area contributed by atoms with E-state index in [-0.39, 0.29) is 12.5 Å². The van der Waals surface area contributed by atoms with Crippen molar-refractivity contribution in [3.05, 3.63) is 77.5 Å². The number of hydrogen-bond acceptors (Lipinski definition) is 4. The zero-order chi connectivity index (χ0) is 17.2. The maximum absolute atomic E-state index is 12.2. The summed E-state index contributed by atoms with van der Waals surface area (Å²) in [4.78, 5) is 20.5. The Morgan fingerprint density at radius 3 is 2.84 bits per heavy atom. The van der Waals surface area contributed by atoms with E-state index in [1.54, 1.807) is 41.2 Å². The van der Waals surface area contributed by atoms with Gasteiger partial charge in [-0.25, -0.2) is 9.97 Å². The van der Waals surface area contributed by atoms with Crippen molar-refractivity contribution in [3.63, 3.8) is 0 Å². The molecule has 0 spiro atoms. The Morgan fingerprint density at radius 1 is 1.20 bits per heavy atom. The second-order valence-corrected chi connectivity index (χ2v) is 5.85. The lowest BCUT2D eigenvalue weighted by Crippen LogP contribution is -2.22. The van der Waals surface area contributed by atoms with Gasteiger partial charge in [0.2, 0.25) is 5.78 Å². The summed E-state index contributed by atoms with van der Waals surface area (Å²) in [5.41, 5.74) is 1.23. The molecule has 0 aliphatic rings. The number of halogens is 1. The second-order valence-electron chi connectivity index (χ2n) is 5.41. The van der Waals surface area contributed by atoms with E-state index in [9.17, 15) is 4.79 Å². The van der Waals surface area contributed by atoms with Crippen molar-refractivity contribution in [1.29, 1.82) is 0 Å². The Morgan fingerprint density at radius 2 is 2.04 bits per heavy atom.